The highest BCUT2D eigenvalue weighted by Crippen LogP contribution is 2.37. The molecule has 3 heteroatoms. The molecule has 2 saturated heterocycles. The van der Waals surface area contributed by atoms with E-state index in [1.165, 1.54) is 12.8 Å². The Balaban J connectivity index is 1.93. The van der Waals surface area contributed by atoms with Crippen LogP contribution in [0.5, 0.6) is 0 Å². The molecule has 2 aliphatic rings. The Labute approximate surface area is 98.4 Å². The fourth-order valence-corrected chi connectivity index (χ4v) is 3.03. The first-order valence-corrected chi connectivity index (χ1v) is 6.38. The zero-order valence-electron chi connectivity index (χ0n) is 10.4. The van der Waals surface area contributed by atoms with E-state index in [4.69, 9.17) is 10.00 Å². The molecule has 0 aromatic rings. The minimum atomic E-state index is 0.168. The molecule has 0 radical (unpaired) electrons. The highest BCUT2D eigenvalue weighted by atomic mass is 16.5. The van der Waals surface area contributed by atoms with Gasteiger partial charge in [-0.15, -0.1) is 0 Å². The molecule has 0 amide bonds. The van der Waals surface area contributed by atoms with Crippen molar-refractivity contribution in [3.05, 3.63) is 0 Å². The first kappa shape index (κ1) is 11.9. The molecule has 0 spiro atoms. The van der Waals surface area contributed by atoms with Gasteiger partial charge in [0.25, 0.3) is 0 Å². The van der Waals surface area contributed by atoms with E-state index in [0.29, 0.717) is 18.4 Å². The van der Waals surface area contributed by atoms with Crippen LogP contribution >= 0.6 is 0 Å². The van der Waals surface area contributed by atoms with Gasteiger partial charge in [0.1, 0.15) is 0 Å². The third kappa shape index (κ3) is 2.23. The van der Waals surface area contributed by atoms with Crippen LogP contribution in [0.25, 0.3) is 0 Å². The van der Waals surface area contributed by atoms with E-state index in [9.17, 15) is 0 Å². The van der Waals surface area contributed by atoms with Crippen molar-refractivity contribution >= 4 is 0 Å². The van der Waals surface area contributed by atoms with Crippen LogP contribution in [0, 0.1) is 17.2 Å². The van der Waals surface area contributed by atoms with Crippen molar-refractivity contribution in [1.29, 1.82) is 5.26 Å². The summed E-state index contributed by atoms with van der Waals surface area (Å²) in [5.41, 5.74) is 0.168. The molecule has 0 aromatic carbocycles. The van der Waals surface area contributed by atoms with Gasteiger partial charge in [-0.3, -0.25) is 4.90 Å². The van der Waals surface area contributed by atoms with Crippen LogP contribution in [0.1, 0.15) is 39.5 Å². The topological polar surface area (TPSA) is 36.3 Å². The molecule has 2 rings (SSSR count). The van der Waals surface area contributed by atoms with Crippen molar-refractivity contribution in [3.8, 4) is 6.07 Å². The second kappa shape index (κ2) is 4.73. The molecule has 0 saturated carbocycles. The number of likely N-dealkylation sites (tertiary alicyclic amines) is 1. The predicted molar refractivity (Wildman–Crippen MR) is 63.0 cm³/mol. The number of hydrogen-bond donors (Lipinski definition) is 0. The highest BCUT2D eigenvalue weighted by molar-refractivity contribution is 4.99. The molecule has 2 heterocycles. The standard InChI is InChI=1S/C13H22N2O/c1-13(2)11(5-7-14)6-8-15(13)10-12-4-3-9-16-12/h11-12H,3-6,8-10H2,1-2H3. The van der Waals surface area contributed by atoms with Crippen molar-refractivity contribution in [2.45, 2.75) is 51.2 Å². The first-order valence-electron chi connectivity index (χ1n) is 6.38. The average Bonchev–Trinajstić information content (AvgIpc) is 2.82. The third-order valence-electron chi connectivity index (χ3n) is 4.35. The minimum Gasteiger partial charge on any atom is -0.377 e. The smallest absolute Gasteiger partial charge is 0.0703 e. The van der Waals surface area contributed by atoms with Gasteiger partial charge >= 0.3 is 0 Å². The highest BCUT2D eigenvalue weighted by Gasteiger charge is 2.41. The molecule has 0 aliphatic carbocycles. The lowest BCUT2D eigenvalue weighted by atomic mass is 9.86. The van der Waals surface area contributed by atoms with Crippen LogP contribution in [-0.4, -0.2) is 36.2 Å². The van der Waals surface area contributed by atoms with E-state index in [0.717, 1.165) is 26.1 Å². The first-order chi connectivity index (χ1) is 7.64. The molecule has 0 bridgehead atoms. The summed E-state index contributed by atoms with van der Waals surface area (Å²) in [6.45, 7) is 7.66. The number of rotatable bonds is 3. The second-order valence-corrected chi connectivity index (χ2v) is 5.58. The Morgan fingerprint density at radius 2 is 2.25 bits per heavy atom. The van der Waals surface area contributed by atoms with E-state index in [1.54, 1.807) is 0 Å². The van der Waals surface area contributed by atoms with E-state index < -0.39 is 0 Å². The Hall–Kier alpha value is -0.590. The van der Waals surface area contributed by atoms with Crippen molar-refractivity contribution in [2.24, 2.45) is 5.92 Å². The van der Waals surface area contributed by atoms with Crippen LogP contribution in [0.15, 0.2) is 0 Å². The van der Waals surface area contributed by atoms with Gasteiger partial charge in [-0.1, -0.05) is 0 Å². The maximum Gasteiger partial charge on any atom is 0.0703 e. The van der Waals surface area contributed by atoms with Gasteiger partial charge in [-0.2, -0.15) is 5.26 Å². The van der Waals surface area contributed by atoms with Gasteiger partial charge in [0, 0.05) is 25.1 Å². The van der Waals surface area contributed by atoms with Gasteiger partial charge in [-0.05, 0) is 45.6 Å². The van der Waals surface area contributed by atoms with Crippen LogP contribution in [-0.2, 0) is 4.74 Å². The van der Waals surface area contributed by atoms with Crippen LogP contribution in [0.2, 0.25) is 0 Å². The van der Waals surface area contributed by atoms with E-state index in [1.807, 2.05) is 0 Å². The van der Waals surface area contributed by atoms with Gasteiger partial charge in [0.05, 0.1) is 12.2 Å². The van der Waals surface area contributed by atoms with E-state index >= 15 is 0 Å². The summed E-state index contributed by atoms with van der Waals surface area (Å²) in [5.74, 6) is 0.527. The average molecular weight is 222 g/mol. The van der Waals surface area contributed by atoms with Crippen molar-refractivity contribution in [2.75, 3.05) is 19.7 Å². The van der Waals surface area contributed by atoms with Crippen LogP contribution in [0.4, 0.5) is 0 Å². The van der Waals surface area contributed by atoms with E-state index in [-0.39, 0.29) is 5.54 Å². The fourth-order valence-electron chi connectivity index (χ4n) is 3.03. The Morgan fingerprint density at radius 3 is 2.88 bits per heavy atom. The summed E-state index contributed by atoms with van der Waals surface area (Å²) in [5, 5.41) is 8.84. The molecular weight excluding hydrogens is 200 g/mol. The molecule has 0 N–H and O–H groups in total. The number of ether oxygens (including phenoxy) is 1. The summed E-state index contributed by atoms with van der Waals surface area (Å²) in [7, 11) is 0. The summed E-state index contributed by atoms with van der Waals surface area (Å²) in [6.07, 6.45) is 4.69. The van der Waals surface area contributed by atoms with Gasteiger partial charge in [0.15, 0.2) is 0 Å². The molecule has 3 nitrogen and oxygen atoms in total. The van der Waals surface area contributed by atoms with Crippen molar-refractivity contribution < 1.29 is 4.74 Å². The van der Waals surface area contributed by atoms with Crippen molar-refractivity contribution in [3.63, 3.8) is 0 Å². The molecule has 2 atom stereocenters. The van der Waals surface area contributed by atoms with Gasteiger partial charge in [-0.25, -0.2) is 0 Å². The molecule has 2 aliphatic heterocycles. The molecule has 0 aromatic heterocycles. The lowest BCUT2D eigenvalue weighted by molar-refractivity contribution is 0.0425. The normalized spacial score (nSPS) is 34.1. The third-order valence-corrected chi connectivity index (χ3v) is 4.35. The number of nitriles is 1. The maximum absolute atomic E-state index is 8.84. The Morgan fingerprint density at radius 1 is 1.44 bits per heavy atom. The summed E-state index contributed by atoms with van der Waals surface area (Å²) in [4.78, 5) is 2.52. The molecule has 2 unspecified atom stereocenters. The monoisotopic (exact) mass is 222 g/mol. The molecule has 90 valence electrons. The van der Waals surface area contributed by atoms with E-state index in [2.05, 4.69) is 24.8 Å². The summed E-state index contributed by atoms with van der Waals surface area (Å²) < 4.78 is 5.70. The Kier molecular flexibility index (Phi) is 3.51. The van der Waals surface area contributed by atoms with Gasteiger partial charge < -0.3 is 4.74 Å². The lowest BCUT2D eigenvalue weighted by Gasteiger charge is -2.36. The zero-order valence-corrected chi connectivity index (χ0v) is 10.4. The van der Waals surface area contributed by atoms with Crippen LogP contribution < -0.4 is 0 Å². The summed E-state index contributed by atoms with van der Waals surface area (Å²) in [6, 6.07) is 2.32. The minimum absolute atomic E-state index is 0.168. The number of hydrogen-bond acceptors (Lipinski definition) is 3. The summed E-state index contributed by atoms with van der Waals surface area (Å²) >= 11 is 0. The molecular formula is C13H22N2O. The van der Waals surface area contributed by atoms with Crippen LogP contribution in [0.3, 0.4) is 0 Å². The second-order valence-electron chi connectivity index (χ2n) is 5.58. The zero-order chi connectivity index (χ0) is 11.6. The Bertz CT molecular complexity index is 276. The fraction of sp³-hybridized carbons (Fsp3) is 0.923. The lowest BCUT2D eigenvalue weighted by Crippen LogP contribution is -2.45. The molecule has 16 heavy (non-hydrogen) atoms. The predicted octanol–water partition coefficient (Wildman–Crippen LogP) is 2.18. The molecule has 2 fully saturated rings. The maximum atomic E-state index is 8.84. The van der Waals surface area contributed by atoms with Crippen molar-refractivity contribution in [1.82, 2.24) is 4.90 Å². The SMILES string of the molecule is CC1(C)C(CC#N)CCN1CC1CCCO1. The largest absolute Gasteiger partial charge is 0.377 e. The van der Waals surface area contributed by atoms with Gasteiger partial charge in [0.2, 0.25) is 0 Å². The quantitative estimate of drug-likeness (QED) is 0.734. The number of nitrogens with zero attached hydrogens (tertiary/aromatic N) is 2.